The molecule has 0 aromatic heterocycles. The van der Waals surface area contributed by atoms with Crippen LogP contribution >= 0.6 is 0 Å². The molecule has 1 aliphatic heterocycles. The molecule has 0 bridgehead atoms. The molecule has 6 heteroatoms. The number of aryl methyl sites for hydroxylation is 1. The zero-order valence-corrected chi connectivity index (χ0v) is 17.4. The van der Waals surface area contributed by atoms with Crippen molar-refractivity contribution in [3.63, 3.8) is 0 Å². The fraction of sp³-hybridized carbons (Fsp3) is 0.667. The van der Waals surface area contributed by atoms with E-state index in [0.29, 0.717) is 12.6 Å². The van der Waals surface area contributed by atoms with Gasteiger partial charge < -0.3 is 20.1 Å². The Morgan fingerprint density at radius 2 is 2.11 bits per heavy atom. The molecular weight excluding hydrogens is 340 g/mol. The van der Waals surface area contributed by atoms with Crippen molar-refractivity contribution in [1.82, 2.24) is 15.5 Å². The fourth-order valence-corrected chi connectivity index (χ4v) is 3.62. The highest BCUT2D eigenvalue weighted by Gasteiger charge is 2.22. The summed E-state index contributed by atoms with van der Waals surface area (Å²) in [5.41, 5.74) is 1.26. The molecule has 0 spiro atoms. The van der Waals surface area contributed by atoms with Crippen LogP contribution < -0.4 is 20.1 Å². The molecule has 0 saturated carbocycles. The largest absolute Gasteiger partial charge is 0.493 e. The topological polar surface area (TPSA) is 58.1 Å². The van der Waals surface area contributed by atoms with Gasteiger partial charge in [-0.3, -0.25) is 9.89 Å². The molecule has 6 nitrogen and oxygen atoms in total. The second kappa shape index (κ2) is 11.7. The van der Waals surface area contributed by atoms with Crippen LogP contribution in [0.3, 0.4) is 0 Å². The monoisotopic (exact) mass is 376 g/mol. The number of guanidine groups is 1. The van der Waals surface area contributed by atoms with Gasteiger partial charge in [0.25, 0.3) is 0 Å². The first kappa shape index (κ1) is 21.4. The van der Waals surface area contributed by atoms with E-state index in [-0.39, 0.29) is 0 Å². The number of hydrogen-bond acceptors (Lipinski definition) is 4. The van der Waals surface area contributed by atoms with Crippen molar-refractivity contribution in [3.05, 3.63) is 23.8 Å². The molecule has 1 heterocycles. The molecule has 1 aromatic carbocycles. The van der Waals surface area contributed by atoms with E-state index < -0.39 is 0 Å². The van der Waals surface area contributed by atoms with Crippen LogP contribution in [0.25, 0.3) is 0 Å². The Morgan fingerprint density at radius 1 is 1.26 bits per heavy atom. The predicted molar refractivity (Wildman–Crippen MR) is 112 cm³/mol. The number of nitrogens with one attached hydrogen (secondary N) is 2. The maximum Gasteiger partial charge on any atom is 0.191 e. The van der Waals surface area contributed by atoms with Gasteiger partial charge >= 0.3 is 0 Å². The van der Waals surface area contributed by atoms with Gasteiger partial charge in [0.2, 0.25) is 0 Å². The first-order chi connectivity index (χ1) is 13.2. The molecule has 1 fully saturated rings. The molecule has 0 aliphatic carbocycles. The number of likely N-dealkylation sites (N-methyl/N-ethyl adjacent to an activating group) is 1. The average Bonchev–Trinajstić information content (AvgIpc) is 3.15. The molecule has 2 rings (SSSR count). The number of rotatable bonds is 10. The summed E-state index contributed by atoms with van der Waals surface area (Å²) in [6.07, 6.45) is 4.60. The molecular formula is C21H36N4O2. The number of ether oxygens (including phenoxy) is 2. The summed E-state index contributed by atoms with van der Waals surface area (Å²) in [5, 5.41) is 6.90. The molecule has 0 radical (unpaired) electrons. The van der Waals surface area contributed by atoms with E-state index >= 15 is 0 Å². The quantitative estimate of drug-likeness (QED) is 0.374. The SMILES string of the molecule is CCOc1cc(CCCNC(=NC)NCC2CCCN2CC)ccc1OC. The van der Waals surface area contributed by atoms with E-state index in [4.69, 9.17) is 9.47 Å². The summed E-state index contributed by atoms with van der Waals surface area (Å²) < 4.78 is 11.0. The van der Waals surface area contributed by atoms with Gasteiger partial charge in [0.05, 0.1) is 13.7 Å². The van der Waals surface area contributed by atoms with E-state index in [1.807, 2.05) is 20.0 Å². The molecule has 1 aliphatic rings. The molecule has 1 aromatic rings. The molecule has 1 atom stereocenters. The lowest BCUT2D eigenvalue weighted by molar-refractivity contribution is 0.267. The van der Waals surface area contributed by atoms with Crippen LogP contribution in [-0.4, -0.2) is 63.8 Å². The van der Waals surface area contributed by atoms with E-state index in [1.54, 1.807) is 7.11 Å². The van der Waals surface area contributed by atoms with Crippen LogP contribution in [0.5, 0.6) is 11.5 Å². The third-order valence-electron chi connectivity index (χ3n) is 5.10. The summed E-state index contributed by atoms with van der Waals surface area (Å²) in [6, 6.07) is 6.79. The van der Waals surface area contributed by atoms with Gasteiger partial charge in [-0.25, -0.2) is 0 Å². The Labute approximate surface area is 164 Å². The number of methoxy groups -OCH3 is 1. The Morgan fingerprint density at radius 3 is 2.81 bits per heavy atom. The minimum Gasteiger partial charge on any atom is -0.493 e. The van der Waals surface area contributed by atoms with Crippen molar-refractivity contribution >= 4 is 5.96 Å². The third-order valence-corrected chi connectivity index (χ3v) is 5.10. The van der Waals surface area contributed by atoms with Gasteiger partial charge in [0.1, 0.15) is 0 Å². The second-order valence-electron chi connectivity index (χ2n) is 6.83. The van der Waals surface area contributed by atoms with Gasteiger partial charge in [-0.05, 0) is 63.4 Å². The molecule has 0 amide bonds. The van der Waals surface area contributed by atoms with Crippen molar-refractivity contribution < 1.29 is 9.47 Å². The Kier molecular flexibility index (Phi) is 9.25. The Bertz CT molecular complexity index is 592. The Balaban J connectivity index is 1.72. The maximum absolute atomic E-state index is 5.66. The normalized spacial score (nSPS) is 17.8. The van der Waals surface area contributed by atoms with Crippen LogP contribution in [0, 0.1) is 0 Å². The highest BCUT2D eigenvalue weighted by molar-refractivity contribution is 5.79. The molecule has 2 N–H and O–H groups in total. The van der Waals surface area contributed by atoms with Crippen molar-refractivity contribution in [2.24, 2.45) is 4.99 Å². The summed E-state index contributed by atoms with van der Waals surface area (Å²) in [5.74, 6) is 2.50. The first-order valence-electron chi connectivity index (χ1n) is 10.2. The summed E-state index contributed by atoms with van der Waals surface area (Å²) in [6.45, 7) is 9.06. The minimum absolute atomic E-state index is 0.629. The van der Waals surface area contributed by atoms with Crippen LogP contribution in [0.15, 0.2) is 23.2 Å². The van der Waals surface area contributed by atoms with E-state index in [0.717, 1.165) is 49.9 Å². The van der Waals surface area contributed by atoms with Crippen molar-refractivity contribution in [2.45, 2.75) is 45.6 Å². The summed E-state index contributed by atoms with van der Waals surface area (Å²) in [7, 11) is 3.50. The standard InChI is InChI=1S/C21H36N4O2/c1-5-25-14-8-10-18(25)16-24-21(22-3)23-13-7-9-17-11-12-19(26-4)20(15-17)27-6-2/h11-12,15,18H,5-10,13-14,16H2,1-4H3,(H2,22,23,24). The van der Waals surface area contributed by atoms with E-state index in [9.17, 15) is 0 Å². The summed E-state index contributed by atoms with van der Waals surface area (Å²) in [4.78, 5) is 6.89. The van der Waals surface area contributed by atoms with Gasteiger partial charge in [-0.1, -0.05) is 13.0 Å². The van der Waals surface area contributed by atoms with Crippen molar-refractivity contribution in [1.29, 1.82) is 0 Å². The highest BCUT2D eigenvalue weighted by Crippen LogP contribution is 2.28. The van der Waals surface area contributed by atoms with Crippen LogP contribution in [0.4, 0.5) is 0 Å². The lowest BCUT2D eigenvalue weighted by Gasteiger charge is -2.24. The minimum atomic E-state index is 0.629. The van der Waals surface area contributed by atoms with Gasteiger partial charge in [0.15, 0.2) is 17.5 Å². The number of nitrogens with zero attached hydrogens (tertiary/aromatic N) is 2. The van der Waals surface area contributed by atoms with Crippen LogP contribution in [0.2, 0.25) is 0 Å². The predicted octanol–water partition coefficient (Wildman–Crippen LogP) is 2.68. The third kappa shape index (κ3) is 6.61. The Hall–Kier alpha value is -1.95. The van der Waals surface area contributed by atoms with Crippen LogP contribution in [-0.2, 0) is 6.42 Å². The summed E-state index contributed by atoms with van der Waals surface area (Å²) >= 11 is 0. The van der Waals surface area contributed by atoms with Crippen LogP contribution in [0.1, 0.15) is 38.7 Å². The molecule has 1 unspecified atom stereocenters. The van der Waals surface area contributed by atoms with Gasteiger partial charge in [-0.2, -0.15) is 0 Å². The number of benzene rings is 1. The fourth-order valence-electron chi connectivity index (χ4n) is 3.62. The van der Waals surface area contributed by atoms with Crippen molar-refractivity contribution in [3.8, 4) is 11.5 Å². The first-order valence-corrected chi connectivity index (χ1v) is 10.2. The molecule has 1 saturated heterocycles. The lowest BCUT2D eigenvalue weighted by Crippen LogP contribution is -2.45. The van der Waals surface area contributed by atoms with Crippen molar-refractivity contribution in [2.75, 3.05) is 46.9 Å². The lowest BCUT2D eigenvalue weighted by atomic mass is 10.1. The smallest absolute Gasteiger partial charge is 0.191 e. The molecule has 152 valence electrons. The number of likely N-dealkylation sites (tertiary alicyclic amines) is 1. The van der Waals surface area contributed by atoms with E-state index in [2.05, 4.69) is 39.6 Å². The average molecular weight is 377 g/mol. The zero-order chi connectivity index (χ0) is 19.5. The zero-order valence-electron chi connectivity index (χ0n) is 17.4. The van der Waals surface area contributed by atoms with Gasteiger partial charge in [-0.15, -0.1) is 0 Å². The number of aliphatic imine (C=N–C) groups is 1. The maximum atomic E-state index is 5.66. The van der Waals surface area contributed by atoms with E-state index in [1.165, 1.54) is 24.9 Å². The highest BCUT2D eigenvalue weighted by atomic mass is 16.5. The van der Waals surface area contributed by atoms with Gasteiger partial charge in [0, 0.05) is 26.2 Å². The number of hydrogen-bond donors (Lipinski definition) is 2. The molecule has 27 heavy (non-hydrogen) atoms. The second-order valence-corrected chi connectivity index (χ2v) is 6.83.